The summed E-state index contributed by atoms with van der Waals surface area (Å²) in [6, 6.07) is 17.2. The average molecular weight is 458 g/mol. The molecular weight excluding hydrogens is 430 g/mol. The van der Waals surface area contributed by atoms with Crippen molar-refractivity contribution in [3.8, 4) is 0 Å². The Morgan fingerprint density at radius 3 is 2.29 bits per heavy atom. The lowest BCUT2D eigenvalue weighted by atomic mass is 10.1. The first-order valence-electron chi connectivity index (χ1n) is 10.3. The molecule has 2 aromatic carbocycles. The van der Waals surface area contributed by atoms with Crippen LogP contribution in [0.15, 0.2) is 70.7 Å². The number of hydrogen-bond donors (Lipinski definition) is 0. The third-order valence-electron chi connectivity index (χ3n) is 5.07. The second kappa shape index (κ2) is 10.3. The summed E-state index contributed by atoms with van der Waals surface area (Å²) in [6.45, 7) is 6.94. The molecule has 0 unspecified atom stereocenters. The van der Waals surface area contributed by atoms with Crippen LogP contribution in [0.4, 0.5) is 5.69 Å². The van der Waals surface area contributed by atoms with Crippen molar-refractivity contribution >= 4 is 44.2 Å². The first kappa shape index (κ1) is 23.2. The van der Waals surface area contributed by atoms with Crippen LogP contribution in [-0.2, 0) is 14.8 Å². The second-order valence-electron chi connectivity index (χ2n) is 6.85. The Bertz CT molecular complexity index is 1140. The Balaban J connectivity index is 1.72. The van der Waals surface area contributed by atoms with E-state index in [9.17, 15) is 13.2 Å². The van der Waals surface area contributed by atoms with Crippen molar-refractivity contribution in [3.05, 3.63) is 60.8 Å². The van der Waals surface area contributed by atoms with Gasteiger partial charge in [0.05, 0.1) is 16.5 Å². The summed E-state index contributed by atoms with van der Waals surface area (Å²) in [6.07, 6.45) is 1.36. The molecule has 0 aliphatic rings. The number of pyridine rings is 1. The number of amides is 1. The Hall–Kier alpha value is -2.42. The number of rotatable bonds is 9. The molecule has 0 aliphatic carbocycles. The number of nitrogens with zero attached hydrogens (tertiary/aromatic N) is 3. The van der Waals surface area contributed by atoms with Crippen LogP contribution in [0.25, 0.3) is 10.8 Å². The Morgan fingerprint density at radius 2 is 1.65 bits per heavy atom. The van der Waals surface area contributed by atoms with Gasteiger partial charge in [0.2, 0.25) is 15.9 Å². The summed E-state index contributed by atoms with van der Waals surface area (Å²) in [7, 11) is -3.54. The Kier molecular flexibility index (Phi) is 7.69. The summed E-state index contributed by atoms with van der Waals surface area (Å²) in [5.74, 6) is 0.192. The molecule has 1 heterocycles. The first-order chi connectivity index (χ1) is 14.9. The number of aromatic nitrogens is 1. The second-order valence-corrected chi connectivity index (χ2v) is 9.78. The van der Waals surface area contributed by atoms with E-state index in [1.165, 1.54) is 22.3 Å². The first-order valence-corrected chi connectivity index (χ1v) is 12.7. The monoisotopic (exact) mass is 457 g/mol. The van der Waals surface area contributed by atoms with E-state index in [-0.39, 0.29) is 16.6 Å². The molecule has 0 aliphatic heterocycles. The van der Waals surface area contributed by atoms with E-state index in [0.717, 1.165) is 16.5 Å². The average Bonchev–Trinajstić information content (AvgIpc) is 2.79. The zero-order valence-corrected chi connectivity index (χ0v) is 19.6. The Labute approximate surface area is 188 Å². The highest BCUT2D eigenvalue weighted by atomic mass is 32.2. The summed E-state index contributed by atoms with van der Waals surface area (Å²) in [5.41, 5.74) is 0.889. The largest absolute Gasteiger partial charge is 0.311 e. The van der Waals surface area contributed by atoms with E-state index in [4.69, 9.17) is 0 Å². The van der Waals surface area contributed by atoms with Gasteiger partial charge in [-0.15, -0.1) is 0 Å². The number of hydrogen-bond acceptors (Lipinski definition) is 5. The molecule has 0 N–H and O–H groups in total. The number of sulfonamides is 1. The maximum Gasteiger partial charge on any atom is 0.244 e. The highest BCUT2D eigenvalue weighted by molar-refractivity contribution is 7.99. The fourth-order valence-electron chi connectivity index (χ4n) is 3.46. The minimum absolute atomic E-state index is 0.0227. The number of carbonyl (C=O) groups is 1. The lowest BCUT2D eigenvalue weighted by molar-refractivity contribution is -0.116. The quantitative estimate of drug-likeness (QED) is 0.445. The summed E-state index contributed by atoms with van der Waals surface area (Å²) < 4.78 is 26.6. The SMILES string of the molecule is CCN(C(=O)CSc1ccc(S(=O)(=O)N(CC)CC)cn1)c1cccc2ccccc12. The van der Waals surface area contributed by atoms with Crippen molar-refractivity contribution in [2.75, 3.05) is 30.3 Å². The molecule has 6 nitrogen and oxygen atoms in total. The minimum Gasteiger partial charge on any atom is -0.311 e. The van der Waals surface area contributed by atoms with E-state index in [0.29, 0.717) is 24.7 Å². The minimum atomic E-state index is -3.54. The van der Waals surface area contributed by atoms with Crippen molar-refractivity contribution < 1.29 is 13.2 Å². The highest BCUT2D eigenvalue weighted by Gasteiger charge is 2.22. The normalized spacial score (nSPS) is 11.7. The van der Waals surface area contributed by atoms with Crippen LogP contribution in [0.2, 0.25) is 0 Å². The maximum atomic E-state index is 13.0. The van der Waals surface area contributed by atoms with Gasteiger partial charge in [-0.1, -0.05) is 62.0 Å². The molecule has 0 saturated carbocycles. The third kappa shape index (κ3) is 5.08. The van der Waals surface area contributed by atoms with Gasteiger partial charge in [-0.2, -0.15) is 4.31 Å². The van der Waals surface area contributed by atoms with Gasteiger partial charge in [0.25, 0.3) is 0 Å². The Morgan fingerprint density at radius 1 is 0.935 bits per heavy atom. The van der Waals surface area contributed by atoms with E-state index in [1.54, 1.807) is 30.9 Å². The number of fused-ring (bicyclic) bond motifs is 1. The standard InChI is InChI=1S/C23H27N3O3S2/c1-4-25(5-2)31(28,29)19-14-15-22(24-16-19)30-17-23(27)26(6-3)21-13-9-11-18-10-7-8-12-20(18)21/h7-16H,4-6,17H2,1-3H3. The van der Waals surface area contributed by atoms with E-state index >= 15 is 0 Å². The van der Waals surface area contributed by atoms with Crippen molar-refractivity contribution in [2.45, 2.75) is 30.7 Å². The van der Waals surface area contributed by atoms with Gasteiger partial charge in [0, 0.05) is 31.2 Å². The molecule has 3 aromatic rings. The summed E-state index contributed by atoms with van der Waals surface area (Å²) >= 11 is 1.30. The number of anilines is 1. The van der Waals surface area contributed by atoms with E-state index < -0.39 is 10.0 Å². The highest BCUT2D eigenvalue weighted by Crippen LogP contribution is 2.28. The van der Waals surface area contributed by atoms with E-state index in [2.05, 4.69) is 4.98 Å². The van der Waals surface area contributed by atoms with Gasteiger partial charge in [-0.25, -0.2) is 13.4 Å². The summed E-state index contributed by atoms with van der Waals surface area (Å²) in [5, 5.41) is 2.74. The molecule has 31 heavy (non-hydrogen) atoms. The van der Waals surface area contributed by atoms with Crippen molar-refractivity contribution in [1.29, 1.82) is 0 Å². The van der Waals surface area contributed by atoms with Crippen LogP contribution in [0.1, 0.15) is 20.8 Å². The topological polar surface area (TPSA) is 70.6 Å². The molecular formula is C23H27N3O3S2. The fraction of sp³-hybridized carbons (Fsp3) is 0.304. The molecule has 0 atom stereocenters. The lowest BCUT2D eigenvalue weighted by Crippen LogP contribution is -2.32. The fourth-order valence-corrected chi connectivity index (χ4v) is 5.58. The van der Waals surface area contributed by atoms with Crippen LogP contribution in [0.5, 0.6) is 0 Å². The maximum absolute atomic E-state index is 13.0. The van der Waals surface area contributed by atoms with Gasteiger partial charge >= 0.3 is 0 Å². The molecule has 3 rings (SSSR count). The summed E-state index contributed by atoms with van der Waals surface area (Å²) in [4.78, 5) is 19.2. The molecule has 0 spiro atoms. The van der Waals surface area contributed by atoms with Crippen LogP contribution in [-0.4, -0.2) is 49.0 Å². The van der Waals surface area contributed by atoms with E-state index in [1.807, 2.05) is 49.4 Å². The van der Waals surface area contributed by atoms with Crippen LogP contribution in [0, 0.1) is 0 Å². The van der Waals surface area contributed by atoms with Crippen molar-refractivity contribution in [3.63, 3.8) is 0 Å². The van der Waals surface area contributed by atoms with Crippen LogP contribution in [0.3, 0.4) is 0 Å². The predicted molar refractivity (Wildman–Crippen MR) is 127 cm³/mol. The molecule has 1 aromatic heterocycles. The number of carbonyl (C=O) groups excluding carboxylic acids is 1. The predicted octanol–water partition coefficient (Wildman–Crippen LogP) is 4.41. The zero-order valence-electron chi connectivity index (χ0n) is 18.0. The van der Waals surface area contributed by atoms with Gasteiger partial charge in [-0.05, 0) is 30.5 Å². The molecule has 8 heteroatoms. The van der Waals surface area contributed by atoms with Crippen LogP contribution < -0.4 is 4.90 Å². The van der Waals surface area contributed by atoms with Gasteiger partial charge in [0.15, 0.2) is 0 Å². The van der Waals surface area contributed by atoms with Gasteiger partial charge < -0.3 is 4.90 Å². The molecule has 1 amide bonds. The molecule has 0 radical (unpaired) electrons. The molecule has 0 bridgehead atoms. The van der Waals surface area contributed by atoms with Crippen LogP contribution >= 0.6 is 11.8 Å². The van der Waals surface area contributed by atoms with Gasteiger partial charge in [-0.3, -0.25) is 4.79 Å². The van der Waals surface area contributed by atoms with Crippen molar-refractivity contribution in [1.82, 2.24) is 9.29 Å². The smallest absolute Gasteiger partial charge is 0.244 e. The lowest BCUT2D eigenvalue weighted by Gasteiger charge is -2.22. The molecule has 0 fully saturated rings. The third-order valence-corrected chi connectivity index (χ3v) is 8.03. The molecule has 0 saturated heterocycles. The molecule has 164 valence electrons. The van der Waals surface area contributed by atoms with Gasteiger partial charge in [0.1, 0.15) is 4.90 Å². The number of thioether (sulfide) groups is 1. The zero-order chi connectivity index (χ0) is 22.4. The van der Waals surface area contributed by atoms with Crippen molar-refractivity contribution in [2.24, 2.45) is 0 Å². The number of benzene rings is 2.